The first-order valence-electron chi connectivity index (χ1n) is 9.40. The lowest BCUT2D eigenvalue weighted by Gasteiger charge is -2.12. The van der Waals surface area contributed by atoms with Gasteiger partial charge in [0.1, 0.15) is 23.1 Å². The summed E-state index contributed by atoms with van der Waals surface area (Å²) in [5.74, 6) is -0.856. The molecule has 0 spiro atoms. The van der Waals surface area contributed by atoms with Crippen LogP contribution in [-0.4, -0.2) is 45.0 Å². The van der Waals surface area contributed by atoms with Crippen molar-refractivity contribution >= 4 is 16.9 Å². The number of nitrogens with one attached hydrogen (secondary N) is 2. The number of aliphatic hydroxyl groups excluding tert-OH is 1. The van der Waals surface area contributed by atoms with Crippen LogP contribution in [0.4, 0.5) is 14.6 Å². The highest BCUT2D eigenvalue weighted by Gasteiger charge is 2.19. The van der Waals surface area contributed by atoms with Crippen molar-refractivity contribution in [3.8, 4) is 28.8 Å². The van der Waals surface area contributed by atoms with Gasteiger partial charge in [0, 0.05) is 18.2 Å². The molecule has 31 heavy (non-hydrogen) atoms. The number of rotatable bonds is 7. The molecule has 0 bridgehead atoms. The Morgan fingerprint density at radius 3 is 2.74 bits per heavy atom. The number of hydrogen-bond acceptors (Lipinski definition) is 7. The predicted molar refractivity (Wildman–Crippen MR) is 110 cm³/mol. The van der Waals surface area contributed by atoms with Crippen LogP contribution in [0, 0.1) is 11.6 Å². The van der Waals surface area contributed by atoms with Crippen molar-refractivity contribution in [3.63, 3.8) is 0 Å². The fraction of sp³-hybridized carbons (Fsp3) is 0.190. The summed E-state index contributed by atoms with van der Waals surface area (Å²) in [7, 11) is 1.57. The van der Waals surface area contributed by atoms with E-state index in [1.165, 1.54) is 0 Å². The average Bonchev–Trinajstić information content (AvgIpc) is 3.18. The Hall–Kier alpha value is -3.79. The van der Waals surface area contributed by atoms with Gasteiger partial charge in [-0.15, -0.1) is 0 Å². The zero-order valence-corrected chi connectivity index (χ0v) is 16.7. The molecule has 0 saturated carbocycles. The molecule has 0 radical (unpaired) electrons. The Morgan fingerprint density at radius 2 is 2.00 bits per heavy atom. The summed E-state index contributed by atoms with van der Waals surface area (Å²) in [4.78, 5) is 8.59. The molecule has 4 aromatic rings. The Morgan fingerprint density at radius 1 is 1.16 bits per heavy atom. The molecule has 10 heteroatoms. The highest BCUT2D eigenvalue weighted by molar-refractivity contribution is 5.99. The lowest BCUT2D eigenvalue weighted by molar-refractivity contribution is 0.208. The first kappa shape index (κ1) is 20.5. The van der Waals surface area contributed by atoms with Crippen molar-refractivity contribution in [2.75, 3.05) is 19.0 Å². The fourth-order valence-electron chi connectivity index (χ4n) is 2.96. The van der Waals surface area contributed by atoms with Gasteiger partial charge in [0.05, 0.1) is 18.6 Å². The molecule has 0 aliphatic carbocycles. The van der Waals surface area contributed by atoms with E-state index in [-0.39, 0.29) is 18.3 Å². The maximum atomic E-state index is 14.0. The molecule has 1 atom stereocenters. The average molecular weight is 427 g/mol. The van der Waals surface area contributed by atoms with Gasteiger partial charge in [-0.25, -0.2) is 8.78 Å². The van der Waals surface area contributed by atoms with E-state index in [2.05, 4.69) is 25.5 Å². The van der Waals surface area contributed by atoms with Crippen molar-refractivity contribution in [2.24, 2.45) is 0 Å². The van der Waals surface area contributed by atoms with E-state index in [1.54, 1.807) is 14.0 Å². The van der Waals surface area contributed by atoms with Crippen molar-refractivity contribution in [1.29, 1.82) is 0 Å². The molecule has 0 saturated heterocycles. The number of halogens is 2. The second-order valence-electron chi connectivity index (χ2n) is 6.79. The molecular formula is C21H19F2N5O3. The molecule has 4 rings (SSSR count). The van der Waals surface area contributed by atoms with Crippen LogP contribution in [0.5, 0.6) is 17.5 Å². The van der Waals surface area contributed by atoms with Crippen molar-refractivity contribution in [3.05, 3.63) is 54.1 Å². The minimum atomic E-state index is -0.885. The fourth-order valence-corrected chi connectivity index (χ4v) is 2.96. The highest BCUT2D eigenvalue weighted by Crippen LogP contribution is 2.34. The molecule has 3 N–H and O–H groups in total. The maximum Gasteiger partial charge on any atom is 0.326 e. The van der Waals surface area contributed by atoms with Crippen LogP contribution < -0.4 is 14.8 Å². The molecule has 0 aliphatic heterocycles. The molecule has 0 amide bonds. The summed E-state index contributed by atoms with van der Waals surface area (Å²) in [6.45, 7) is 1.81. The highest BCUT2D eigenvalue weighted by atomic mass is 19.1. The van der Waals surface area contributed by atoms with Gasteiger partial charge in [-0.3, -0.25) is 5.10 Å². The van der Waals surface area contributed by atoms with E-state index < -0.39 is 17.7 Å². The summed E-state index contributed by atoms with van der Waals surface area (Å²) in [5.41, 5.74) is 1.65. The quantitative estimate of drug-likeness (QED) is 0.411. The Labute approximate surface area is 175 Å². The van der Waals surface area contributed by atoms with Crippen molar-refractivity contribution in [1.82, 2.24) is 20.2 Å². The van der Waals surface area contributed by atoms with E-state index in [0.717, 1.165) is 17.7 Å². The van der Waals surface area contributed by atoms with Crippen LogP contribution >= 0.6 is 0 Å². The predicted octanol–water partition coefficient (Wildman–Crippen LogP) is 3.89. The third-order valence-electron chi connectivity index (χ3n) is 4.40. The first-order chi connectivity index (χ1) is 14.9. The number of anilines is 1. The van der Waals surface area contributed by atoms with Gasteiger partial charge >= 0.3 is 6.01 Å². The second kappa shape index (κ2) is 8.52. The number of methoxy groups -OCH3 is 1. The summed E-state index contributed by atoms with van der Waals surface area (Å²) < 4.78 is 37.9. The third-order valence-corrected chi connectivity index (χ3v) is 4.40. The van der Waals surface area contributed by atoms with Crippen LogP contribution in [0.1, 0.15) is 6.92 Å². The number of aromatic nitrogens is 4. The second-order valence-corrected chi connectivity index (χ2v) is 6.79. The third kappa shape index (κ3) is 4.38. The molecule has 0 aliphatic rings. The number of nitrogens with zero attached hydrogens (tertiary/aromatic N) is 3. The van der Waals surface area contributed by atoms with Crippen molar-refractivity contribution in [2.45, 2.75) is 13.0 Å². The topological polar surface area (TPSA) is 105 Å². The molecular weight excluding hydrogens is 408 g/mol. The smallest absolute Gasteiger partial charge is 0.326 e. The maximum absolute atomic E-state index is 14.0. The SMILES string of the molecule is COc1cccc(-c2n[nH]c3nc(Oc4ccc(F)cc4F)nc(NC[C@H](C)O)c23)c1. The van der Waals surface area contributed by atoms with Crippen LogP contribution in [0.3, 0.4) is 0 Å². The molecule has 2 aromatic carbocycles. The lowest BCUT2D eigenvalue weighted by Crippen LogP contribution is -2.16. The van der Waals surface area contributed by atoms with Crippen LogP contribution in [0.2, 0.25) is 0 Å². The van der Waals surface area contributed by atoms with E-state index in [0.29, 0.717) is 34.4 Å². The molecule has 2 aromatic heterocycles. The van der Waals surface area contributed by atoms with E-state index in [9.17, 15) is 13.9 Å². The minimum absolute atomic E-state index is 0.174. The molecule has 0 fully saturated rings. The number of fused-ring (bicyclic) bond motifs is 1. The number of hydrogen-bond donors (Lipinski definition) is 3. The minimum Gasteiger partial charge on any atom is -0.497 e. The van der Waals surface area contributed by atoms with Gasteiger partial charge in [0.2, 0.25) is 0 Å². The normalized spacial score (nSPS) is 12.0. The Balaban J connectivity index is 1.80. The zero-order valence-electron chi connectivity index (χ0n) is 16.7. The van der Waals surface area contributed by atoms with Gasteiger partial charge in [-0.1, -0.05) is 12.1 Å². The largest absolute Gasteiger partial charge is 0.497 e. The summed E-state index contributed by atoms with van der Waals surface area (Å²) in [6, 6.07) is 10.1. The Bertz CT molecular complexity index is 1230. The van der Waals surface area contributed by atoms with Crippen molar-refractivity contribution < 1.29 is 23.4 Å². The molecule has 2 heterocycles. The summed E-state index contributed by atoms with van der Waals surface area (Å²) in [6.07, 6.45) is -0.656. The van der Waals surface area contributed by atoms with E-state index in [4.69, 9.17) is 9.47 Å². The number of aromatic amines is 1. The molecule has 8 nitrogen and oxygen atoms in total. The summed E-state index contributed by atoms with van der Waals surface area (Å²) >= 11 is 0. The van der Waals surface area contributed by atoms with Gasteiger partial charge in [-0.2, -0.15) is 15.1 Å². The monoisotopic (exact) mass is 427 g/mol. The zero-order chi connectivity index (χ0) is 22.0. The number of ether oxygens (including phenoxy) is 2. The lowest BCUT2D eigenvalue weighted by atomic mass is 10.1. The molecule has 0 unspecified atom stereocenters. The van der Waals surface area contributed by atoms with Crippen LogP contribution in [0.25, 0.3) is 22.3 Å². The van der Waals surface area contributed by atoms with E-state index in [1.807, 2.05) is 24.3 Å². The standard InChI is InChI=1S/C21H19F2N5O3/c1-11(29)10-24-19-17-18(12-4-3-5-14(8-12)30-2)27-28-20(17)26-21(25-19)31-16-7-6-13(22)9-15(16)23/h3-9,11,29H,10H2,1-2H3,(H2,24,25,26,27,28)/t11-/m0/s1. The number of H-pyrrole nitrogens is 1. The van der Waals surface area contributed by atoms with Gasteiger partial charge in [-0.05, 0) is 31.2 Å². The summed E-state index contributed by atoms with van der Waals surface area (Å²) in [5, 5.41) is 20.5. The number of benzene rings is 2. The number of aliphatic hydroxyl groups is 1. The van der Waals surface area contributed by atoms with Crippen LogP contribution in [-0.2, 0) is 0 Å². The first-order valence-corrected chi connectivity index (χ1v) is 9.40. The van der Waals surface area contributed by atoms with E-state index >= 15 is 0 Å². The Kier molecular flexibility index (Phi) is 5.63. The van der Waals surface area contributed by atoms with Gasteiger partial charge in [0.25, 0.3) is 0 Å². The van der Waals surface area contributed by atoms with Gasteiger partial charge in [0.15, 0.2) is 17.2 Å². The van der Waals surface area contributed by atoms with Crippen LogP contribution in [0.15, 0.2) is 42.5 Å². The van der Waals surface area contributed by atoms with Gasteiger partial charge < -0.3 is 19.9 Å². The molecule has 160 valence electrons.